The molecule has 0 radical (unpaired) electrons. The monoisotopic (exact) mass is 277 g/mol. The molecule has 1 aromatic rings. The predicted octanol–water partition coefficient (Wildman–Crippen LogP) is 2.14. The van der Waals surface area contributed by atoms with Gasteiger partial charge >= 0.3 is 11.7 Å². The largest absolute Gasteiger partial charge is 0.487 e. The van der Waals surface area contributed by atoms with Crippen molar-refractivity contribution in [3.63, 3.8) is 0 Å². The van der Waals surface area contributed by atoms with Crippen LogP contribution >= 0.6 is 0 Å². The number of carboxylic acid groups (broad SMARTS) is 1. The number of allylic oxidation sites excluding steroid dienone is 1. The highest BCUT2D eigenvalue weighted by Crippen LogP contribution is 2.33. The van der Waals surface area contributed by atoms with E-state index >= 15 is 0 Å². The Hall–Kier alpha value is -3.08. The van der Waals surface area contributed by atoms with Crippen molar-refractivity contribution in [2.75, 3.05) is 11.9 Å². The van der Waals surface area contributed by atoms with Crippen LogP contribution < -0.4 is 10.1 Å². The van der Waals surface area contributed by atoms with Crippen molar-refractivity contribution in [3.8, 4) is 11.8 Å². The fraction of sp³-hybridized carbons (Fsp3) is 0.167. The van der Waals surface area contributed by atoms with Crippen LogP contribution in [0.25, 0.3) is 0 Å². The molecule has 1 rings (SSSR count). The zero-order valence-corrected chi connectivity index (χ0v) is 10.5. The molecule has 0 unspecified atom stereocenters. The Morgan fingerprint density at radius 3 is 2.85 bits per heavy atom. The van der Waals surface area contributed by atoms with Crippen LogP contribution in [0.3, 0.4) is 0 Å². The number of rotatable bonds is 6. The van der Waals surface area contributed by atoms with Crippen molar-refractivity contribution in [2.24, 2.45) is 0 Å². The summed E-state index contributed by atoms with van der Waals surface area (Å²) in [6, 6.07) is 3.85. The maximum atomic E-state index is 11.1. The molecule has 0 amide bonds. The summed E-state index contributed by atoms with van der Waals surface area (Å²) in [6.45, 7) is 1.85. The number of nitrogens with zero attached hydrogens (tertiary/aromatic N) is 2. The minimum Gasteiger partial charge on any atom is -0.487 e. The van der Waals surface area contributed by atoms with E-state index in [1.54, 1.807) is 13.0 Å². The summed E-state index contributed by atoms with van der Waals surface area (Å²) in [5.41, 5.74) is -0.625. The molecule has 0 bridgehead atoms. The average Bonchev–Trinajstić information content (AvgIpc) is 2.38. The molecule has 2 N–H and O–H groups in total. The summed E-state index contributed by atoms with van der Waals surface area (Å²) >= 11 is 0. The number of benzene rings is 1. The molecular weight excluding hydrogens is 266 g/mol. The number of anilines is 1. The first-order valence-electron chi connectivity index (χ1n) is 5.51. The van der Waals surface area contributed by atoms with Gasteiger partial charge in [0, 0.05) is 24.4 Å². The van der Waals surface area contributed by atoms with E-state index in [0.29, 0.717) is 0 Å². The normalized spacial score (nSPS) is 10.0. The lowest BCUT2D eigenvalue weighted by Gasteiger charge is -2.10. The second kappa shape index (κ2) is 6.75. The molecule has 0 aromatic heterocycles. The van der Waals surface area contributed by atoms with Gasteiger partial charge in [-0.1, -0.05) is 0 Å². The minimum absolute atomic E-state index is 0.0460. The summed E-state index contributed by atoms with van der Waals surface area (Å²) in [6.07, 6.45) is 2.33. The molecule has 0 fully saturated rings. The summed E-state index contributed by atoms with van der Waals surface area (Å²) in [5, 5.41) is 30.9. The van der Waals surface area contributed by atoms with E-state index in [0.717, 1.165) is 12.1 Å². The Morgan fingerprint density at radius 2 is 2.35 bits per heavy atom. The second-order valence-electron chi connectivity index (χ2n) is 3.47. The third-order valence-corrected chi connectivity index (χ3v) is 2.22. The standard InChI is InChI=1S/C12H11N3O5/c1-2-20-11-7-9(14-5-3-4-13)8(12(16)17)6-10(11)15(18)19/h3,5-7,14H,2H2,1H3,(H,16,17). The van der Waals surface area contributed by atoms with E-state index in [2.05, 4.69) is 5.32 Å². The maximum Gasteiger partial charge on any atom is 0.338 e. The fourth-order valence-corrected chi connectivity index (χ4v) is 1.45. The summed E-state index contributed by atoms with van der Waals surface area (Å²) in [7, 11) is 0. The van der Waals surface area contributed by atoms with Crippen LogP contribution in [0, 0.1) is 21.4 Å². The lowest BCUT2D eigenvalue weighted by Crippen LogP contribution is -2.06. The first-order chi connectivity index (χ1) is 9.51. The van der Waals surface area contributed by atoms with Crippen LogP contribution in [0.5, 0.6) is 5.75 Å². The van der Waals surface area contributed by atoms with E-state index in [4.69, 9.17) is 15.1 Å². The minimum atomic E-state index is -1.33. The molecule has 1 aromatic carbocycles. The van der Waals surface area contributed by atoms with E-state index in [-0.39, 0.29) is 23.6 Å². The third kappa shape index (κ3) is 3.46. The first kappa shape index (κ1) is 15.0. The number of carboxylic acids is 1. The molecular formula is C12H11N3O5. The van der Waals surface area contributed by atoms with E-state index in [1.165, 1.54) is 12.3 Å². The van der Waals surface area contributed by atoms with Crippen LogP contribution in [0.15, 0.2) is 24.4 Å². The number of nitrogens with one attached hydrogen (secondary N) is 1. The van der Waals surface area contributed by atoms with Gasteiger partial charge in [0.15, 0.2) is 5.75 Å². The molecule has 8 nitrogen and oxygen atoms in total. The highest BCUT2D eigenvalue weighted by molar-refractivity contribution is 5.96. The number of nitro benzene ring substituents is 1. The number of hydrogen-bond acceptors (Lipinski definition) is 6. The highest BCUT2D eigenvalue weighted by atomic mass is 16.6. The Labute approximate surface area is 114 Å². The zero-order chi connectivity index (χ0) is 15.1. The van der Waals surface area contributed by atoms with Crippen LogP contribution in [0.2, 0.25) is 0 Å². The van der Waals surface area contributed by atoms with Crippen LogP contribution in [-0.4, -0.2) is 22.6 Å². The Balaban J connectivity index is 3.37. The number of hydrogen-bond donors (Lipinski definition) is 2. The molecule has 0 aliphatic rings. The highest BCUT2D eigenvalue weighted by Gasteiger charge is 2.22. The number of aromatic carboxylic acids is 1. The smallest absolute Gasteiger partial charge is 0.338 e. The van der Waals surface area contributed by atoms with Crippen molar-refractivity contribution < 1.29 is 19.6 Å². The van der Waals surface area contributed by atoms with Gasteiger partial charge in [-0.25, -0.2) is 4.79 Å². The van der Waals surface area contributed by atoms with Gasteiger partial charge in [-0.3, -0.25) is 10.1 Å². The van der Waals surface area contributed by atoms with Gasteiger partial charge in [-0.05, 0) is 6.92 Å². The average molecular weight is 277 g/mol. The molecule has 104 valence electrons. The Morgan fingerprint density at radius 1 is 1.65 bits per heavy atom. The van der Waals surface area contributed by atoms with E-state index in [1.807, 2.05) is 0 Å². The van der Waals surface area contributed by atoms with Crippen molar-refractivity contribution in [1.29, 1.82) is 5.26 Å². The third-order valence-electron chi connectivity index (χ3n) is 2.22. The maximum absolute atomic E-state index is 11.1. The van der Waals surface area contributed by atoms with E-state index in [9.17, 15) is 14.9 Å². The quantitative estimate of drug-likeness (QED) is 0.463. The molecule has 0 aliphatic heterocycles. The molecule has 0 aliphatic carbocycles. The molecule has 0 heterocycles. The van der Waals surface area contributed by atoms with Crippen molar-refractivity contribution in [1.82, 2.24) is 0 Å². The van der Waals surface area contributed by atoms with Crippen LogP contribution in [-0.2, 0) is 0 Å². The van der Waals surface area contributed by atoms with Crippen molar-refractivity contribution in [2.45, 2.75) is 6.92 Å². The van der Waals surface area contributed by atoms with E-state index < -0.39 is 16.6 Å². The molecule has 0 atom stereocenters. The van der Waals surface area contributed by atoms with Gasteiger partial charge in [0.2, 0.25) is 0 Å². The molecule has 0 spiro atoms. The lowest BCUT2D eigenvalue weighted by atomic mass is 10.1. The van der Waals surface area contributed by atoms with Crippen molar-refractivity contribution in [3.05, 3.63) is 40.1 Å². The number of ether oxygens (including phenoxy) is 1. The van der Waals surface area contributed by atoms with Crippen LogP contribution in [0.1, 0.15) is 17.3 Å². The van der Waals surface area contributed by atoms with Gasteiger partial charge in [0.25, 0.3) is 0 Å². The van der Waals surface area contributed by atoms with Gasteiger partial charge in [-0.2, -0.15) is 5.26 Å². The Kier molecular flexibility index (Phi) is 5.05. The lowest BCUT2D eigenvalue weighted by molar-refractivity contribution is -0.385. The molecule has 8 heteroatoms. The predicted molar refractivity (Wildman–Crippen MR) is 69.6 cm³/mol. The molecule has 20 heavy (non-hydrogen) atoms. The number of carbonyl (C=O) groups is 1. The fourth-order valence-electron chi connectivity index (χ4n) is 1.45. The Bertz CT molecular complexity index is 604. The van der Waals surface area contributed by atoms with Gasteiger partial charge in [0.1, 0.15) is 0 Å². The van der Waals surface area contributed by atoms with Crippen molar-refractivity contribution >= 4 is 17.3 Å². The van der Waals surface area contributed by atoms with Gasteiger partial charge in [0.05, 0.1) is 28.9 Å². The summed E-state index contributed by atoms with van der Waals surface area (Å²) < 4.78 is 5.12. The topological polar surface area (TPSA) is 125 Å². The first-order valence-corrected chi connectivity index (χ1v) is 5.51. The van der Waals surface area contributed by atoms with Gasteiger partial charge < -0.3 is 15.2 Å². The van der Waals surface area contributed by atoms with Crippen LogP contribution in [0.4, 0.5) is 11.4 Å². The number of nitro groups is 1. The molecule has 0 saturated carbocycles. The molecule has 0 saturated heterocycles. The summed E-state index contributed by atoms with van der Waals surface area (Å²) in [5.74, 6) is -1.38. The zero-order valence-electron chi connectivity index (χ0n) is 10.5. The summed E-state index contributed by atoms with van der Waals surface area (Å²) in [4.78, 5) is 21.3. The van der Waals surface area contributed by atoms with Gasteiger partial charge in [-0.15, -0.1) is 0 Å². The second-order valence-corrected chi connectivity index (χ2v) is 3.47. The number of nitriles is 1. The SMILES string of the molecule is CCOc1cc(NC=CC#N)c(C(=O)O)cc1[N+](=O)[O-].